The summed E-state index contributed by atoms with van der Waals surface area (Å²) in [6, 6.07) is 4.22. The largest absolute Gasteiger partial charge is 0.465 e. The standard InChI is InChI=1S/C16H28N2O2/c1-4-12(17)16(15-10-9-11(2)20-15)18(3)13-7-5-6-8-14(13)19/h9-10,12-14,16,19H,4-8,17H2,1-3H3. The second-order valence-corrected chi connectivity index (χ2v) is 6.05. The molecule has 1 fully saturated rings. The first kappa shape index (κ1) is 15.5. The third-order valence-corrected chi connectivity index (χ3v) is 4.59. The second-order valence-electron chi connectivity index (χ2n) is 6.05. The van der Waals surface area contributed by atoms with E-state index in [1.165, 1.54) is 6.42 Å². The Hall–Kier alpha value is -0.840. The predicted molar refractivity (Wildman–Crippen MR) is 80.5 cm³/mol. The van der Waals surface area contributed by atoms with Crippen LogP contribution in [0.4, 0.5) is 0 Å². The lowest BCUT2D eigenvalue weighted by Crippen LogP contribution is -2.49. The van der Waals surface area contributed by atoms with Gasteiger partial charge in [-0.1, -0.05) is 19.8 Å². The van der Waals surface area contributed by atoms with Crippen molar-refractivity contribution >= 4 is 0 Å². The van der Waals surface area contributed by atoms with Crippen molar-refractivity contribution in [3.05, 3.63) is 23.7 Å². The van der Waals surface area contributed by atoms with Gasteiger partial charge in [0.05, 0.1) is 12.1 Å². The number of aryl methyl sites for hydroxylation is 1. The van der Waals surface area contributed by atoms with Crippen LogP contribution in [0.5, 0.6) is 0 Å². The summed E-state index contributed by atoms with van der Waals surface area (Å²) in [6.45, 7) is 4.05. The minimum absolute atomic E-state index is 0.0136. The number of rotatable bonds is 5. The summed E-state index contributed by atoms with van der Waals surface area (Å²) >= 11 is 0. The summed E-state index contributed by atoms with van der Waals surface area (Å²) in [6.07, 6.45) is 4.85. The van der Waals surface area contributed by atoms with Crippen molar-refractivity contribution in [2.24, 2.45) is 5.73 Å². The number of hydrogen-bond acceptors (Lipinski definition) is 4. The Balaban J connectivity index is 2.21. The van der Waals surface area contributed by atoms with Crippen LogP contribution in [0, 0.1) is 6.92 Å². The van der Waals surface area contributed by atoms with Gasteiger partial charge in [-0.2, -0.15) is 0 Å². The molecular formula is C16H28N2O2. The van der Waals surface area contributed by atoms with E-state index < -0.39 is 0 Å². The monoisotopic (exact) mass is 280 g/mol. The lowest BCUT2D eigenvalue weighted by atomic mass is 9.89. The fourth-order valence-corrected chi connectivity index (χ4v) is 3.32. The molecule has 0 bridgehead atoms. The minimum Gasteiger partial charge on any atom is -0.465 e. The number of nitrogens with zero attached hydrogens (tertiary/aromatic N) is 1. The van der Waals surface area contributed by atoms with E-state index in [0.717, 1.165) is 37.2 Å². The number of furan rings is 1. The highest BCUT2D eigenvalue weighted by atomic mass is 16.3. The molecule has 3 N–H and O–H groups in total. The van der Waals surface area contributed by atoms with Crippen LogP contribution in [0.15, 0.2) is 16.5 Å². The van der Waals surface area contributed by atoms with Crippen LogP contribution in [-0.2, 0) is 0 Å². The van der Waals surface area contributed by atoms with Gasteiger partial charge in [-0.15, -0.1) is 0 Å². The van der Waals surface area contributed by atoms with E-state index in [1.54, 1.807) is 0 Å². The van der Waals surface area contributed by atoms with Crippen LogP contribution < -0.4 is 5.73 Å². The molecule has 1 saturated carbocycles. The van der Waals surface area contributed by atoms with Gasteiger partial charge in [0, 0.05) is 12.1 Å². The number of likely N-dealkylation sites (N-methyl/N-ethyl adjacent to an activating group) is 1. The highest BCUT2D eigenvalue weighted by Gasteiger charge is 2.35. The quantitative estimate of drug-likeness (QED) is 0.870. The highest BCUT2D eigenvalue weighted by molar-refractivity contribution is 5.12. The smallest absolute Gasteiger partial charge is 0.122 e. The number of aliphatic hydroxyl groups excluding tert-OH is 1. The summed E-state index contributed by atoms with van der Waals surface area (Å²) in [5.41, 5.74) is 6.33. The predicted octanol–water partition coefficient (Wildman–Crippen LogP) is 2.60. The van der Waals surface area contributed by atoms with Crippen molar-refractivity contribution < 1.29 is 9.52 Å². The van der Waals surface area contributed by atoms with Crippen LogP contribution in [0.3, 0.4) is 0 Å². The molecule has 4 heteroatoms. The molecule has 0 saturated heterocycles. The van der Waals surface area contributed by atoms with E-state index in [-0.39, 0.29) is 24.2 Å². The summed E-state index contributed by atoms with van der Waals surface area (Å²) in [5.74, 6) is 1.82. The highest BCUT2D eigenvalue weighted by Crippen LogP contribution is 2.32. The van der Waals surface area contributed by atoms with Crippen molar-refractivity contribution in [3.8, 4) is 0 Å². The average molecular weight is 280 g/mol. The van der Waals surface area contributed by atoms with Gasteiger partial charge in [-0.25, -0.2) is 0 Å². The molecule has 1 aromatic rings. The third-order valence-electron chi connectivity index (χ3n) is 4.59. The molecule has 4 atom stereocenters. The van der Waals surface area contributed by atoms with Gasteiger partial charge in [0.2, 0.25) is 0 Å². The number of nitrogens with two attached hydrogens (primary N) is 1. The van der Waals surface area contributed by atoms with Crippen LogP contribution in [-0.4, -0.2) is 35.2 Å². The first-order valence-electron chi connectivity index (χ1n) is 7.76. The van der Waals surface area contributed by atoms with Gasteiger partial charge in [0.25, 0.3) is 0 Å². The summed E-state index contributed by atoms with van der Waals surface area (Å²) in [4.78, 5) is 2.23. The maximum Gasteiger partial charge on any atom is 0.122 e. The Morgan fingerprint density at radius 2 is 2.10 bits per heavy atom. The SMILES string of the molecule is CCC(N)C(c1ccc(C)o1)N(C)C1CCCCC1O. The molecule has 1 heterocycles. The lowest BCUT2D eigenvalue weighted by molar-refractivity contribution is 0.00166. The fourth-order valence-electron chi connectivity index (χ4n) is 3.32. The summed E-state index contributed by atoms with van der Waals surface area (Å²) < 4.78 is 5.81. The molecule has 1 aliphatic rings. The molecular weight excluding hydrogens is 252 g/mol. The molecule has 114 valence electrons. The molecule has 4 unspecified atom stereocenters. The van der Waals surface area contributed by atoms with Gasteiger partial charge >= 0.3 is 0 Å². The molecule has 1 aliphatic carbocycles. The normalized spacial score (nSPS) is 26.7. The van der Waals surface area contributed by atoms with Crippen LogP contribution in [0.25, 0.3) is 0 Å². The van der Waals surface area contributed by atoms with Crippen molar-refractivity contribution in [1.29, 1.82) is 0 Å². The Morgan fingerprint density at radius 3 is 2.65 bits per heavy atom. The minimum atomic E-state index is -0.253. The van der Waals surface area contributed by atoms with Crippen molar-refractivity contribution in [2.45, 2.75) is 70.2 Å². The second kappa shape index (κ2) is 6.74. The van der Waals surface area contributed by atoms with Gasteiger partial charge < -0.3 is 15.3 Å². The van der Waals surface area contributed by atoms with Crippen LogP contribution in [0.1, 0.15) is 56.6 Å². The Labute approximate surface area is 121 Å². The molecule has 0 spiro atoms. The zero-order valence-electron chi connectivity index (χ0n) is 12.9. The maximum atomic E-state index is 10.3. The first-order chi connectivity index (χ1) is 9.54. The maximum absolute atomic E-state index is 10.3. The Morgan fingerprint density at radius 1 is 1.40 bits per heavy atom. The molecule has 0 aliphatic heterocycles. The first-order valence-corrected chi connectivity index (χ1v) is 7.76. The summed E-state index contributed by atoms with van der Waals surface area (Å²) in [5, 5.41) is 10.3. The number of aliphatic hydroxyl groups is 1. The summed E-state index contributed by atoms with van der Waals surface area (Å²) in [7, 11) is 2.07. The zero-order chi connectivity index (χ0) is 14.7. The van der Waals surface area contributed by atoms with E-state index >= 15 is 0 Å². The van der Waals surface area contributed by atoms with Gasteiger partial charge in [0.1, 0.15) is 11.5 Å². The molecule has 0 radical (unpaired) electrons. The molecule has 0 amide bonds. The van der Waals surface area contributed by atoms with E-state index in [0.29, 0.717) is 0 Å². The van der Waals surface area contributed by atoms with Crippen molar-refractivity contribution in [1.82, 2.24) is 4.90 Å². The van der Waals surface area contributed by atoms with Gasteiger partial charge in [0.15, 0.2) is 0 Å². The average Bonchev–Trinajstić information content (AvgIpc) is 2.85. The fraction of sp³-hybridized carbons (Fsp3) is 0.750. The zero-order valence-corrected chi connectivity index (χ0v) is 12.9. The topological polar surface area (TPSA) is 62.6 Å². The van der Waals surface area contributed by atoms with E-state index in [2.05, 4.69) is 18.9 Å². The number of hydrogen-bond donors (Lipinski definition) is 2. The van der Waals surface area contributed by atoms with Crippen LogP contribution >= 0.6 is 0 Å². The van der Waals surface area contributed by atoms with E-state index in [9.17, 15) is 5.11 Å². The molecule has 4 nitrogen and oxygen atoms in total. The molecule has 2 rings (SSSR count). The van der Waals surface area contributed by atoms with Crippen molar-refractivity contribution in [3.63, 3.8) is 0 Å². The van der Waals surface area contributed by atoms with Crippen molar-refractivity contribution in [2.75, 3.05) is 7.05 Å². The Bertz CT molecular complexity index is 418. The lowest BCUT2D eigenvalue weighted by Gasteiger charge is -2.41. The molecule has 20 heavy (non-hydrogen) atoms. The molecule has 0 aromatic carbocycles. The van der Waals surface area contributed by atoms with Gasteiger partial charge in [-0.3, -0.25) is 4.90 Å². The van der Waals surface area contributed by atoms with E-state index in [1.807, 2.05) is 19.1 Å². The van der Waals surface area contributed by atoms with Crippen LogP contribution in [0.2, 0.25) is 0 Å². The Kier molecular flexibility index (Phi) is 5.24. The van der Waals surface area contributed by atoms with Gasteiger partial charge in [-0.05, 0) is 45.4 Å². The third kappa shape index (κ3) is 3.25. The molecule has 1 aromatic heterocycles. The van der Waals surface area contributed by atoms with E-state index in [4.69, 9.17) is 10.2 Å².